The summed E-state index contributed by atoms with van der Waals surface area (Å²) in [4.78, 5) is 12.1. The van der Waals surface area contributed by atoms with E-state index >= 15 is 0 Å². The minimum atomic E-state index is -0.139. The zero-order chi connectivity index (χ0) is 16.9. The van der Waals surface area contributed by atoms with Crippen LogP contribution in [0.25, 0.3) is 0 Å². The van der Waals surface area contributed by atoms with Crippen LogP contribution in [0.4, 0.5) is 0 Å². The van der Waals surface area contributed by atoms with Crippen molar-refractivity contribution in [1.29, 1.82) is 0 Å². The average Bonchev–Trinajstić information content (AvgIpc) is 2.59. The number of ether oxygens (including phenoxy) is 1. The zero-order valence-corrected chi connectivity index (χ0v) is 14.6. The number of nitrogens with one attached hydrogen (secondary N) is 1. The molecule has 1 N–H and O–H groups in total. The molecule has 24 heavy (non-hydrogen) atoms. The summed E-state index contributed by atoms with van der Waals surface area (Å²) in [5.41, 5.74) is 4.02. The van der Waals surface area contributed by atoms with Crippen LogP contribution in [0, 0.1) is 0 Å². The van der Waals surface area contributed by atoms with E-state index in [-0.39, 0.29) is 18.6 Å². The minimum Gasteiger partial charge on any atom is -0.484 e. The summed E-state index contributed by atoms with van der Waals surface area (Å²) in [6.45, 7) is 1.98. The number of benzene rings is 2. The predicted octanol–water partition coefficient (Wildman–Crippen LogP) is 4.48. The first-order valence-corrected chi connectivity index (χ1v) is 8.79. The van der Waals surface area contributed by atoms with Crippen LogP contribution in [0.5, 0.6) is 5.75 Å². The Morgan fingerprint density at radius 3 is 2.75 bits per heavy atom. The van der Waals surface area contributed by atoms with E-state index < -0.39 is 0 Å². The van der Waals surface area contributed by atoms with Crippen molar-refractivity contribution < 1.29 is 9.53 Å². The molecule has 0 spiro atoms. The highest BCUT2D eigenvalue weighted by atomic mass is 35.5. The van der Waals surface area contributed by atoms with Crippen molar-refractivity contribution in [3.8, 4) is 5.75 Å². The molecule has 0 aromatic heterocycles. The van der Waals surface area contributed by atoms with E-state index in [1.807, 2.05) is 6.92 Å². The van der Waals surface area contributed by atoms with Gasteiger partial charge in [0.05, 0.1) is 6.04 Å². The maximum atomic E-state index is 12.1. The third-order valence-corrected chi connectivity index (χ3v) is 4.65. The first-order chi connectivity index (χ1) is 11.6. The van der Waals surface area contributed by atoms with Gasteiger partial charge in [0.15, 0.2) is 6.61 Å². The van der Waals surface area contributed by atoms with E-state index in [9.17, 15) is 4.79 Å². The lowest BCUT2D eigenvalue weighted by atomic mass is 9.89. The van der Waals surface area contributed by atoms with Crippen molar-refractivity contribution in [3.63, 3.8) is 0 Å². The van der Waals surface area contributed by atoms with Gasteiger partial charge in [-0.2, -0.15) is 0 Å². The van der Waals surface area contributed by atoms with Crippen LogP contribution >= 0.6 is 11.6 Å². The molecule has 3 nitrogen and oxygen atoms in total. The summed E-state index contributed by atoms with van der Waals surface area (Å²) < 4.78 is 5.48. The Hall–Kier alpha value is -2.00. The van der Waals surface area contributed by atoms with Crippen molar-refractivity contribution in [3.05, 3.63) is 64.2 Å². The second kappa shape index (κ2) is 7.71. The number of fused-ring (bicyclic) bond motifs is 1. The fourth-order valence-electron chi connectivity index (χ4n) is 3.09. The molecule has 2 aromatic carbocycles. The molecular weight excluding hydrogens is 322 g/mol. The van der Waals surface area contributed by atoms with E-state index in [1.54, 1.807) is 24.3 Å². The van der Waals surface area contributed by atoms with Gasteiger partial charge in [0.1, 0.15) is 5.75 Å². The normalized spacial score (nSPS) is 14.6. The Labute approximate surface area is 148 Å². The average molecular weight is 344 g/mol. The molecule has 3 rings (SSSR count). The van der Waals surface area contributed by atoms with Gasteiger partial charge in [-0.05, 0) is 67.5 Å². The molecule has 1 atom stereocenters. The topological polar surface area (TPSA) is 38.3 Å². The first-order valence-electron chi connectivity index (χ1n) is 8.41. The largest absolute Gasteiger partial charge is 0.484 e. The van der Waals surface area contributed by atoms with Crippen molar-refractivity contribution >= 4 is 17.5 Å². The molecule has 0 aliphatic heterocycles. The molecule has 0 radical (unpaired) electrons. The zero-order valence-electron chi connectivity index (χ0n) is 13.8. The molecule has 0 saturated heterocycles. The molecule has 1 amide bonds. The van der Waals surface area contributed by atoms with Gasteiger partial charge in [0, 0.05) is 5.02 Å². The standard InChI is InChI=1S/C20H22ClNO2/c1-14(16-10-9-15-5-2-3-6-17(15)11-16)22-20(23)13-24-19-8-4-7-18(21)12-19/h4,7-12,14H,2-3,5-6,13H2,1H3,(H,22,23)/t14-/m0/s1. The van der Waals surface area contributed by atoms with Crippen LogP contribution in [-0.4, -0.2) is 12.5 Å². The Morgan fingerprint density at radius 1 is 1.17 bits per heavy atom. The number of amides is 1. The minimum absolute atomic E-state index is 0.0182. The first kappa shape index (κ1) is 16.8. The fraction of sp³-hybridized carbons (Fsp3) is 0.350. The smallest absolute Gasteiger partial charge is 0.258 e. The van der Waals surface area contributed by atoms with Crippen LogP contribution in [0.15, 0.2) is 42.5 Å². The molecule has 4 heteroatoms. The third-order valence-electron chi connectivity index (χ3n) is 4.42. The van der Waals surface area contributed by atoms with E-state index in [1.165, 1.54) is 30.4 Å². The van der Waals surface area contributed by atoms with E-state index in [4.69, 9.17) is 16.3 Å². The Morgan fingerprint density at radius 2 is 1.96 bits per heavy atom. The van der Waals surface area contributed by atoms with E-state index in [2.05, 4.69) is 23.5 Å². The van der Waals surface area contributed by atoms with Gasteiger partial charge in [-0.25, -0.2) is 0 Å². The summed E-state index contributed by atoms with van der Waals surface area (Å²) >= 11 is 5.90. The fourth-order valence-corrected chi connectivity index (χ4v) is 3.28. The molecule has 1 aliphatic carbocycles. The van der Waals surface area contributed by atoms with Gasteiger partial charge in [0.25, 0.3) is 5.91 Å². The number of rotatable bonds is 5. The number of halogens is 1. The quantitative estimate of drug-likeness (QED) is 0.869. The van der Waals surface area contributed by atoms with Crippen LogP contribution in [-0.2, 0) is 17.6 Å². The Balaban J connectivity index is 1.56. The number of hydrogen-bond donors (Lipinski definition) is 1. The molecule has 0 heterocycles. The van der Waals surface area contributed by atoms with Gasteiger partial charge in [-0.3, -0.25) is 4.79 Å². The highest BCUT2D eigenvalue weighted by Gasteiger charge is 2.14. The SMILES string of the molecule is C[C@H](NC(=O)COc1cccc(Cl)c1)c1ccc2c(c1)CCCC2. The monoisotopic (exact) mass is 343 g/mol. The number of hydrogen-bond acceptors (Lipinski definition) is 2. The molecular formula is C20H22ClNO2. The van der Waals surface area contributed by atoms with Crippen molar-refractivity contribution in [2.45, 2.75) is 38.6 Å². The Kier molecular flexibility index (Phi) is 5.41. The van der Waals surface area contributed by atoms with E-state index in [0.29, 0.717) is 10.8 Å². The summed E-state index contributed by atoms with van der Waals surface area (Å²) in [6, 6.07) is 13.6. The summed E-state index contributed by atoms with van der Waals surface area (Å²) in [5, 5.41) is 3.58. The lowest BCUT2D eigenvalue weighted by molar-refractivity contribution is -0.123. The summed E-state index contributed by atoms with van der Waals surface area (Å²) in [5.74, 6) is 0.458. The second-order valence-corrected chi connectivity index (χ2v) is 6.71. The van der Waals surface area contributed by atoms with Gasteiger partial charge in [-0.1, -0.05) is 35.9 Å². The Bertz CT molecular complexity index is 729. The number of carbonyl (C=O) groups is 1. The lowest BCUT2D eigenvalue weighted by Gasteiger charge is -2.20. The van der Waals surface area contributed by atoms with Crippen LogP contribution in [0.2, 0.25) is 5.02 Å². The molecule has 0 fully saturated rings. The van der Waals surface area contributed by atoms with Gasteiger partial charge in [0.2, 0.25) is 0 Å². The molecule has 1 aliphatic rings. The molecule has 0 bridgehead atoms. The van der Waals surface area contributed by atoms with Gasteiger partial charge >= 0.3 is 0 Å². The predicted molar refractivity (Wildman–Crippen MR) is 96.6 cm³/mol. The van der Waals surface area contributed by atoms with E-state index in [0.717, 1.165) is 12.0 Å². The van der Waals surface area contributed by atoms with Gasteiger partial charge in [-0.15, -0.1) is 0 Å². The van der Waals surface area contributed by atoms with Crippen LogP contribution in [0.1, 0.15) is 42.5 Å². The highest BCUT2D eigenvalue weighted by Crippen LogP contribution is 2.24. The van der Waals surface area contributed by atoms with Crippen LogP contribution in [0.3, 0.4) is 0 Å². The highest BCUT2D eigenvalue weighted by molar-refractivity contribution is 6.30. The maximum absolute atomic E-state index is 12.1. The van der Waals surface area contributed by atoms with Crippen molar-refractivity contribution in [1.82, 2.24) is 5.32 Å². The maximum Gasteiger partial charge on any atom is 0.258 e. The molecule has 0 unspecified atom stereocenters. The molecule has 2 aromatic rings. The number of aryl methyl sites for hydroxylation is 2. The van der Waals surface area contributed by atoms with Crippen LogP contribution < -0.4 is 10.1 Å². The lowest BCUT2D eigenvalue weighted by Crippen LogP contribution is -2.31. The number of carbonyl (C=O) groups excluding carboxylic acids is 1. The molecule has 126 valence electrons. The summed E-state index contributed by atoms with van der Waals surface area (Å²) in [7, 11) is 0. The molecule has 0 saturated carbocycles. The summed E-state index contributed by atoms with van der Waals surface area (Å²) in [6.07, 6.45) is 4.84. The van der Waals surface area contributed by atoms with Gasteiger partial charge < -0.3 is 10.1 Å². The third kappa shape index (κ3) is 4.30. The van der Waals surface area contributed by atoms with Crippen molar-refractivity contribution in [2.24, 2.45) is 0 Å². The second-order valence-electron chi connectivity index (χ2n) is 6.27. The van der Waals surface area contributed by atoms with Crippen molar-refractivity contribution in [2.75, 3.05) is 6.61 Å².